The van der Waals surface area contributed by atoms with Crippen molar-refractivity contribution in [3.8, 4) is 0 Å². The van der Waals surface area contributed by atoms with Gasteiger partial charge in [-0.2, -0.15) is 0 Å². The molecule has 1 atom stereocenters. The Balaban J connectivity index is 1.71. The van der Waals surface area contributed by atoms with Gasteiger partial charge in [-0.15, -0.1) is 0 Å². The first-order valence-corrected chi connectivity index (χ1v) is 10.9. The monoisotopic (exact) mass is 361 g/mol. The second-order valence-electron chi connectivity index (χ2n) is 7.97. The van der Waals surface area contributed by atoms with E-state index in [0.717, 1.165) is 70.6 Å². The first-order chi connectivity index (χ1) is 12.6. The average Bonchev–Trinajstić information content (AvgIpc) is 3.12. The Morgan fingerprint density at radius 2 is 1.85 bits per heavy atom. The van der Waals surface area contributed by atoms with E-state index in [1.165, 1.54) is 19.3 Å². The Morgan fingerprint density at radius 1 is 1.15 bits per heavy atom. The van der Waals surface area contributed by atoms with Crippen molar-refractivity contribution in [2.24, 2.45) is 10.9 Å². The van der Waals surface area contributed by atoms with Crippen LogP contribution in [0.4, 0.5) is 0 Å². The lowest BCUT2D eigenvalue weighted by Gasteiger charge is -2.42. The van der Waals surface area contributed by atoms with E-state index in [1.807, 2.05) is 6.21 Å². The highest BCUT2D eigenvalue weighted by Gasteiger charge is 2.36. The summed E-state index contributed by atoms with van der Waals surface area (Å²) in [5.74, 6) is 1.14. The first kappa shape index (κ1) is 21.1. The van der Waals surface area contributed by atoms with Crippen molar-refractivity contribution >= 4 is 12.1 Å². The number of hydrogen-bond acceptors (Lipinski definition) is 3. The van der Waals surface area contributed by atoms with Crippen LogP contribution in [0.3, 0.4) is 0 Å². The Labute approximate surface area is 160 Å². The van der Waals surface area contributed by atoms with Gasteiger partial charge in [0.15, 0.2) is 0 Å². The van der Waals surface area contributed by atoms with Crippen LogP contribution in [0.15, 0.2) is 17.1 Å². The number of rotatable bonds is 11. The average molecular weight is 362 g/mol. The molecule has 0 aromatic rings. The van der Waals surface area contributed by atoms with E-state index in [9.17, 15) is 4.79 Å². The first-order valence-electron chi connectivity index (χ1n) is 10.9. The van der Waals surface area contributed by atoms with Gasteiger partial charge in [0.2, 0.25) is 5.91 Å². The lowest BCUT2D eigenvalue weighted by atomic mass is 9.89. The Hall–Kier alpha value is -1.16. The largest absolute Gasteiger partial charge is 0.343 e. The van der Waals surface area contributed by atoms with E-state index in [1.54, 1.807) is 0 Å². The van der Waals surface area contributed by atoms with Gasteiger partial charge >= 0.3 is 0 Å². The number of piperidine rings is 1. The molecule has 1 unspecified atom stereocenters. The molecule has 2 aliphatic heterocycles. The molecule has 0 N–H and O–H groups in total. The molecule has 0 aromatic carbocycles. The molecule has 0 aromatic heterocycles. The lowest BCUT2D eigenvalue weighted by Crippen LogP contribution is -2.49. The molecule has 2 heterocycles. The molecule has 0 radical (unpaired) electrons. The minimum Gasteiger partial charge on any atom is -0.343 e. The summed E-state index contributed by atoms with van der Waals surface area (Å²) in [6.45, 7) is 10.7. The topological polar surface area (TPSA) is 35.9 Å². The fourth-order valence-corrected chi connectivity index (χ4v) is 4.48. The molecule has 0 spiro atoms. The van der Waals surface area contributed by atoms with Crippen LogP contribution in [-0.4, -0.2) is 53.8 Å². The fourth-order valence-electron chi connectivity index (χ4n) is 4.48. The van der Waals surface area contributed by atoms with Crippen molar-refractivity contribution in [2.45, 2.75) is 84.2 Å². The van der Waals surface area contributed by atoms with Crippen LogP contribution >= 0.6 is 0 Å². The molecule has 4 nitrogen and oxygen atoms in total. The highest BCUT2D eigenvalue weighted by atomic mass is 16.2. The summed E-state index contributed by atoms with van der Waals surface area (Å²) in [5.41, 5.74) is -0.0590. The zero-order chi connectivity index (χ0) is 18.8. The van der Waals surface area contributed by atoms with Gasteiger partial charge in [0.1, 0.15) is 5.66 Å². The minimum atomic E-state index is -0.0590. The summed E-state index contributed by atoms with van der Waals surface area (Å²) in [7, 11) is 0. The maximum Gasteiger partial charge on any atom is 0.222 e. The summed E-state index contributed by atoms with van der Waals surface area (Å²) in [6.07, 6.45) is 16.2. The van der Waals surface area contributed by atoms with Crippen LogP contribution in [0.2, 0.25) is 0 Å². The van der Waals surface area contributed by atoms with E-state index in [0.29, 0.717) is 5.91 Å². The maximum atomic E-state index is 12.4. The number of likely N-dealkylation sites (tertiary alicyclic amines) is 1. The molecule has 148 valence electrons. The van der Waals surface area contributed by atoms with Crippen LogP contribution in [0.1, 0.15) is 78.6 Å². The number of amides is 1. The third-order valence-corrected chi connectivity index (χ3v) is 5.87. The van der Waals surface area contributed by atoms with Gasteiger partial charge in [0, 0.05) is 38.8 Å². The van der Waals surface area contributed by atoms with E-state index >= 15 is 0 Å². The number of nitrogens with zero attached hydrogens (tertiary/aromatic N) is 3. The standard InChI is InChI=1S/C22H39N3O/c1-4-13-22(14-8-15-23-22)25-18-11-20(12-19-25)9-7-10-21(26)24(16-5-2)17-6-3/h8,14-15,20H,4-7,9-13,16-19H2,1-3H3. The molecule has 1 fully saturated rings. The Bertz CT molecular complexity index is 460. The van der Waals surface area contributed by atoms with Gasteiger partial charge in [-0.05, 0) is 63.0 Å². The van der Waals surface area contributed by atoms with Gasteiger partial charge in [0.05, 0.1) is 0 Å². The highest BCUT2D eigenvalue weighted by Crippen LogP contribution is 2.33. The summed E-state index contributed by atoms with van der Waals surface area (Å²) in [6, 6.07) is 0. The SMILES string of the molecule is CCCN(CCC)C(=O)CCCC1CCN(C2(CCC)C=CC=N2)CC1. The Kier molecular flexibility index (Phi) is 8.83. The van der Waals surface area contributed by atoms with E-state index in [-0.39, 0.29) is 5.66 Å². The zero-order valence-corrected chi connectivity index (χ0v) is 17.3. The number of carbonyl (C=O) groups is 1. The van der Waals surface area contributed by atoms with E-state index in [4.69, 9.17) is 4.99 Å². The summed E-state index contributed by atoms with van der Waals surface area (Å²) >= 11 is 0. The summed E-state index contributed by atoms with van der Waals surface area (Å²) in [4.78, 5) is 21.8. The third kappa shape index (κ3) is 5.67. The summed E-state index contributed by atoms with van der Waals surface area (Å²) in [5, 5.41) is 0. The number of allylic oxidation sites excluding steroid dienone is 1. The second kappa shape index (κ2) is 10.9. The Morgan fingerprint density at radius 3 is 2.38 bits per heavy atom. The van der Waals surface area contributed by atoms with Crippen LogP contribution in [0.5, 0.6) is 0 Å². The molecule has 26 heavy (non-hydrogen) atoms. The van der Waals surface area contributed by atoms with Crippen molar-refractivity contribution in [3.63, 3.8) is 0 Å². The molecule has 0 aliphatic carbocycles. The van der Waals surface area contributed by atoms with Crippen molar-refractivity contribution < 1.29 is 4.79 Å². The maximum absolute atomic E-state index is 12.4. The molecular formula is C22H39N3O. The predicted octanol–water partition coefficient (Wildman–Crippen LogP) is 4.65. The van der Waals surface area contributed by atoms with E-state index < -0.39 is 0 Å². The smallest absolute Gasteiger partial charge is 0.222 e. The molecular weight excluding hydrogens is 322 g/mol. The molecule has 2 aliphatic rings. The van der Waals surface area contributed by atoms with Crippen molar-refractivity contribution in [1.82, 2.24) is 9.80 Å². The molecule has 1 amide bonds. The van der Waals surface area contributed by atoms with Crippen molar-refractivity contribution in [1.29, 1.82) is 0 Å². The van der Waals surface area contributed by atoms with Crippen molar-refractivity contribution in [2.75, 3.05) is 26.2 Å². The van der Waals surface area contributed by atoms with Gasteiger partial charge in [-0.1, -0.05) is 27.2 Å². The highest BCUT2D eigenvalue weighted by molar-refractivity contribution is 5.76. The van der Waals surface area contributed by atoms with Crippen LogP contribution in [0.25, 0.3) is 0 Å². The van der Waals surface area contributed by atoms with Gasteiger partial charge in [-0.3, -0.25) is 14.7 Å². The molecule has 2 rings (SSSR count). The van der Waals surface area contributed by atoms with Gasteiger partial charge < -0.3 is 4.90 Å². The third-order valence-electron chi connectivity index (χ3n) is 5.87. The fraction of sp³-hybridized carbons (Fsp3) is 0.818. The zero-order valence-electron chi connectivity index (χ0n) is 17.3. The van der Waals surface area contributed by atoms with Crippen molar-refractivity contribution in [3.05, 3.63) is 12.2 Å². The lowest BCUT2D eigenvalue weighted by molar-refractivity contribution is -0.131. The molecule has 4 heteroatoms. The molecule has 0 saturated carbocycles. The van der Waals surface area contributed by atoms with Crippen LogP contribution in [0, 0.1) is 5.92 Å². The van der Waals surface area contributed by atoms with Gasteiger partial charge in [-0.25, -0.2) is 0 Å². The van der Waals surface area contributed by atoms with Crippen LogP contribution in [-0.2, 0) is 4.79 Å². The molecule has 0 bridgehead atoms. The number of aliphatic imine (C=N–C) groups is 1. The van der Waals surface area contributed by atoms with Gasteiger partial charge in [0.25, 0.3) is 0 Å². The summed E-state index contributed by atoms with van der Waals surface area (Å²) < 4.78 is 0. The minimum absolute atomic E-state index is 0.0590. The second-order valence-corrected chi connectivity index (χ2v) is 7.97. The number of carbonyl (C=O) groups excluding carboxylic acids is 1. The predicted molar refractivity (Wildman–Crippen MR) is 111 cm³/mol. The molecule has 1 saturated heterocycles. The number of hydrogen-bond donors (Lipinski definition) is 0. The quantitative estimate of drug-likeness (QED) is 0.537. The van der Waals surface area contributed by atoms with Crippen LogP contribution < -0.4 is 0 Å². The van der Waals surface area contributed by atoms with E-state index in [2.05, 4.69) is 42.7 Å². The normalized spacial score (nSPS) is 23.7.